The number of rotatable bonds is 7. The summed E-state index contributed by atoms with van der Waals surface area (Å²) < 4.78 is 5.38. The molecule has 1 aliphatic carbocycles. The van der Waals surface area contributed by atoms with Crippen LogP contribution in [0.5, 0.6) is 5.75 Å². The number of fused-ring (bicyclic) bond motifs is 4. The van der Waals surface area contributed by atoms with E-state index >= 15 is 0 Å². The molecule has 8 heteroatoms. The van der Waals surface area contributed by atoms with Crippen LogP contribution in [0.1, 0.15) is 55.8 Å². The summed E-state index contributed by atoms with van der Waals surface area (Å²) in [4.78, 5) is 27.7. The van der Waals surface area contributed by atoms with Gasteiger partial charge in [-0.2, -0.15) is 11.8 Å². The Balaban J connectivity index is 1.13. The van der Waals surface area contributed by atoms with Crippen LogP contribution in [-0.2, 0) is 11.2 Å². The van der Waals surface area contributed by atoms with Crippen molar-refractivity contribution >= 4 is 34.6 Å². The Bertz CT molecular complexity index is 991. The minimum atomic E-state index is -0.0399. The Morgan fingerprint density at radius 1 is 1.29 bits per heavy atom. The highest BCUT2D eigenvalue weighted by Crippen LogP contribution is 2.36. The molecule has 2 fully saturated rings. The fraction of sp³-hybridized carbons (Fsp3) is 0.565. The van der Waals surface area contributed by atoms with E-state index in [4.69, 9.17) is 4.74 Å². The van der Waals surface area contributed by atoms with Crippen molar-refractivity contribution < 1.29 is 14.3 Å². The molecule has 0 bridgehead atoms. The second-order valence-corrected chi connectivity index (χ2v) is 10.1. The van der Waals surface area contributed by atoms with Crippen LogP contribution in [0.15, 0.2) is 18.2 Å². The zero-order valence-electron chi connectivity index (χ0n) is 17.8. The predicted octanol–water partition coefficient (Wildman–Crippen LogP) is 3.40. The quantitative estimate of drug-likeness (QED) is 0.390. The number of benzene rings is 1. The lowest BCUT2D eigenvalue weighted by Gasteiger charge is -2.24. The van der Waals surface area contributed by atoms with Gasteiger partial charge in [-0.1, -0.05) is 6.42 Å². The molecular formula is C23H30N4O3S. The van der Waals surface area contributed by atoms with Crippen molar-refractivity contribution in [1.29, 1.82) is 0 Å². The SMILES string of the molecule is COc1ccc2[nH]c3c(c2c1)CCC[C@@H]3NC(=O)CCCC[C@@H]1SC[C@@H]2NC(=O)N[C@@H]21. The van der Waals surface area contributed by atoms with Gasteiger partial charge in [0.2, 0.25) is 5.91 Å². The van der Waals surface area contributed by atoms with Gasteiger partial charge in [0.15, 0.2) is 0 Å². The molecule has 2 saturated heterocycles. The topological polar surface area (TPSA) is 95.2 Å². The first-order valence-corrected chi connectivity index (χ1v) is 12.3. The van der Waals surface area contributed by atoms with E-state index in [2.05, 4.69) is 33.1 Å². The van der Waals surface area contributed by atoms with Crippen LogP contribution >= 0.6 is 11.8 Å². The van der Waals surface area contributed by atoms with Gasteiger partial charge >= 0.3 is 6.03 Å². The van der Waals surface area contributed by atoms with E-state index in [1.165, 1.54) is 10.9 Å². The molecule has 4 N–H and O–H groups in total. The summed E-state index contributed by atoms with van der Waals surface area (Å²) in [7, 11) is 1.69. The minimum absolute atomic E-state index is 0.0399. The van der Waals surface area contributed by atoms with Crippen molar-refractivity contribution in [2.45, 2.75) is 68.3 Å². The van der Waals surface area contributed by atoms with E-state index < -0.39 is 0 Å². The second-order valence-electron chi connectivity index (χ2n) is 8.81. The van der Waals surface area contributed by atoms with E-state index in [0.29, 0.717) is 11.7 Å². The lowest BCUT2D eigenvalue weighted by molar-refractivity contribution is -0.122. The highest BCUT2D eigenvalue weighted by molar-refractivity contribution is 8.00. The Hall–Kier alpha value is -2.35. The lowest BCUT2D eigenvalue weighted by atomic mass is 9.91. The van der Waals surface area contributed by atoms with E-state index in [0.717, 1.165) is 61.2 Å². The van der Waals surface area contributed by atoms with Crippen LogP contribution in [0, 0.1) is 0 Å². The summed E-state index contributed by atoms with van der Waals surface area (Å²) in [5.74, 6) is 1.97. The molecule has 3 aliphatic rings. The zero-order chi connectivity index (χ0) is 21.4. The minimum Gasteiger partial charge on any atom is -0.497 e. The van der Waals surface area contributed by atoms with Gasteiger partial charge in [0.05, 0.1) is 25.2 Å². The van der Waals surface area contributed by atoms with Crippen LogP contribution < -0.4 is 20.7 Å². The molecule has 7 nitrogen and oxygen atoms in total. The van der Waals surface area contributed by atoms with Crippen molar-refractivity contribution in [2.24, 2.45) is 0 Å². The monoisotopic (exact) mass is 442 g/mol. The Morgan fingerprint density at radius 3 is 3.06 bits per heavy atom. The van der Waals surface area contributed by atoms with E-state index in [1.54, 1.807) is 7.11 Å². The van der Waals surface area contributed by atoms with Gasteiger partial charge in [-0.3, -0.25) is 4.79 Å². The van der Waals surface area contributed by atoms with Gasteiger partial charge < -0.3 is 25.7 Å². The molecule has 0 radical (unpaired) electrons. The Kier molecular flexibility index (Phi) is 5.73. The van der Waals surface area contributed by atoms with Gasteiger partial charge in [-0.05, 0) is 55.9 Å². The largest absolute Gasteiger partial charge is 0.497 e. The van der Waals surface area contributed by atoms with Gasteiger partial charge in [0.1, 0.15) is 5.75 Å². The molecule has 1 aromatic heterocycles. The van der Waals surface area contributed by atoms with Crippen molar-refractivity contribution in [3.8, 4) is 5.75 Å². The summed E-state index contributed by atoms with van der Waals surface area (Å²) in [5, 5.41) is 10.9. The average molecular weight is 443 g/mol. The standard InChI is InChI=1S/C23H30N4O3S/c1-30-13-9-10-16-15(11-13)14-5-4-6-17(21(14)25-16)24-20(28)8-3-2-7-19-22-18(12-31-19)26-23(29)27-22/h9-11,17-19,22,25H,2-8,12H2,1H3,(H,24,28)(H2,26,27,29)/t17-,18-,19-,22-/m0/s1. The van der Waals surface area contributed by atoms with Crippen LogP contribution in [0.2, 0.25) is 0 Å². The molecule has 31 heavy (non-hydrogen) atoms. The normalized spacial score (nSPS) is 26.8. The Morgan fingerprint density at radius 2 is 2.19 bits per heavy atom. The number of hydrogen-bond acceptors (Lipinski definition) is 4. The summed E-state index contributed by atoms with van der Waals surface area (Å²) >= 11 is 1.93. The van der Waals surface area contributed by atoms with Crippen LogP contribution in [0.25, 0.3) is 10.9 Å². The maximum atomic E-state index is 12.6. The first-order chi connectivity index (χ1) is 15.1. The number of methoxy groups -OCH3 is 1. The maximum absolute atomic E-state index is 12.6. The molecule has 2 aliphatic heterocycles. The number of aryl methyl sites for hydroxylation is 1. The van der Waals surface area contributed by atoms with Gasteiger partial charge in [0, 0.05) is 34.0 Å². The molecule has 0 saturated carbocycles. The summed E-state index contributed by atoms with van der Waals surface area (Å²) in [6.45, 7) is 0. The number of aromatic nitrogens is 1. The zero-order valence-corrected chi connectivity index (χ0v) is 18.6. The number of ether oxygens (including phenoxy) is 1. The number of H-pyrrole nitrogens is 1. The van der Waals surface area contributed by atoms with Gasteiger partial charge in [-0.15, -0.1) is 0 Å². The number of hydrogen-bond donors (Lipinski definition) is 4. The third kappa shape index (κ3) is 4.10. The number of aromatic amines is 1. The first-order valence-electron chi connectivity index (χ1n) is 11.3. The van der Waals surface area contributed by atoms with E-state index in [-0.39, 0.29) is 30.1 Å². The van der Waals surface area contributed by atoms with Gasteiger partial charge in [0.25, 0.3) is 0 Å². The first kappa shape index (κ1) is 20.5. The Labute approximate surface area is 186 Å². The van der Waals surface area contributed by atoms with E-state index in [9.17, 15) is 9.59 Å². The number of carbonyl (C=O) groups excluding carboxylic acids is 2. The number of thioether (sulfide) groups is 1. The molecule has 2 aromatic rings. The molecular weight excluding hydrogens is 412 g/mol. The lowest BCUT2D eigenvalue weighted by Crippen LogP contribution is -2.36. The van der Waals surface area contributed by atoms with Crippen LogP contribution in [-0.4, -0.2) is 47.1 Å². The number of amides is 3. The molecule has 4 atom stereocenters. The van der Waals surface area contributed by atoms with Crippen molar-refractivity contribution in [1.82, 2.24) is 20.9 Å². The fourth-order valence-corrected chi connectivity index (χ4v) is 6.80. The molecule has 166 valence electrons. The summed E-state index contributed by atoms with van der Waals surface area (Å²) in [6, 6.07) is 6.63. The second kappa shape index (κ2) is 8.65. The van der Waals surface area contributed by atoms with Crippen molar-refractivity contribution in [2.75, 3.05) is 12.9 Å². The summed E-state index contributed by atoms with van der Waals surface area (Å²) in [6.07, 6.45) is 6.55. The maximum Gasteiger partial charge on any atom is 0.315 e. The molecule has 0 unspecified atom stereocenters. The number of unbranched alkanes of at least 4 members (excludes halogenated alkanes) is 1. The van der Waals surface area contributed by atoms with Crippen molar-refractivity contribution in [3.63, 3.8) is 0 Å². The highest BCUT2D eigenvalue weighted by Gasteiger charge is 2.42. The number of carbonyl (C=O) groups is 2. The van der Waals surface area contributed by atoms with Gasteiger partial charge in [-0.25, -0.2) is 4.79 Å². The smallest absolute Gasteiger partial charge is 0.315 e. The molecule has 3 heterocycles. The number of nitrogens with one attached hydrogen (secondary N) is 4. The molecule has 3 amide bonds. The third-order valence-electron chi connectivity index (χ3n) is 6.83. The average Bonchev–Trinajstić information content (AvgIpc) is 3.43. The summed E-state index contributed by atoms with van der Waals surface area (Å²) in [5.41, 5.74) is 3.57. The third-order valence-corrected chi connectivity index (χ3v) is 8.34. The number of urea groups is 1. The van der Waals surface area contributed by atoms with E-state index in [1.807, 2.05) is 17.8 Å². The van der Waals surface area contributed by atoms with Crippen molar-refractivity contribution in [3.05, 3.63) is 29.5 Å². The van der Waals surface area contributed by atoms with Crippen LogP contribution in [0.3, 0.4) is 0 Å². The molecule has 0 spiro atoms. The molecule has 5 rings (SSSR count). The highest BCUT2D eigenvalue weighted by atomic mass is 32.2. The molecule has 1 aromatic carbocycles. The van der Waals surface area contributed by atoms with Crippen LogP contribution in [0.4, 0.5) is 4.79 Å². The predicted molar refractivity (Wildman–Crippen MR) is 123 cm³/mol. The fourth-order valence-electron chi connectivity index (χ4n) is 5.25.